The van der Waals surface area contributed by atoms with E-state index in [0.29, 0.717) is 5.56 Å². The van der Waals surface area contributed by atoms with Gasteiger partial charge in [-0.3, -0.25) is 14.8 Å². The maximum absolute atomic E-state index is 12.8. The Morgan fingerprint density at radius 2 is 1.65 bits per heavy atom. The first-order valence-corrected chi connectivity index (χ1v) is 11.4. The van der Waals surface area contributed by atoms with Crippen LogP contribution >= 0.6 is 0 Å². The Hall–Kier alpha value is -4.10. The summed E-state index contributed by atoms with van der Waals surface area (Å²) < 4.78 is 0. The number of rotatable bonds is 5. The minimum Gasteiger partial charge on any atom is -0.373 e. The van der Waals surface area contributed by atoms with E-state index in [1.807, 2.05) is 78.9 Å². The molecule has 1 aliphatic heterocycles. The molecular weight excluding hydrogens is 424 g/mol. The highest BCUT2D eigenvalue weighted by atomic mass is 16.2. The fourth-order valence-electron chi connectivity index (χ4n) is 4.08. The molecule has 1 aromatic carbocycles. The van der Waals surface area contributed by atoms with E-state index in [9.17, 15) is 4.79 Å². The van der Waals surface area contributed by atoms with E-state index in [0.717, 1.165) is 65.6 Å². The molecule has 1 fully saturated rings. The van der Waals surface area contributed by atoms with E-state index in [1.165, 1.54) is 0 Å². The molecule has 170 valence electrons. The van der Waals surface area contributed by atoms with Crippen LogP contribution in [0.15, 0.2) is 79.3 Å². The van der Waals surface area contributed by atoms with Gasteiger partial charge in [-0.25, -0.2) is 4.98 Å². The highest BCUT2D eigenvalue weighted by molar-refractivity contribution is 5.95. The van der Waals surface area contributed by atoms with Crippen LogP contribution in [0.1, 0.15) is 10.4 Å². The number of carbonyl (C=O) groups is 1. The van der Waals surface area contributed by atoms with Gasteiger partial charge in [0.1, 0.15) is 5.82 Å². The van der Waals surface area contributed by atoms with Gasteiger partial charge in [0, 0.05) is 68.5 Å². The lowest BCUT2D eigenvalue weighted by Crippen LogP contribution is -2.46. The fraction of sp³-hybridized carbons (Fsp3) is 0.185. The van der Waals surface area contributed by atoms with Gasteiger partial charge in [0.25, 0.3) is 5.91 Å². The summed E-state index contributed by atoms with van der Waals surface area (Å²) in [4.78, 5) is 28.3. The maximum atomic E-state index is 12.8. The standard InChI is InChI=1S/C27H26N6O/c1-28-26-16-21(15-25(32-26)24-4-2-3-9-31-24)23-14-22(17-30-18-23)19-5-7-20(8-6-19)27(34)33-12-10-29-11-13-33/h2-9,14-18,29H,10-13H2,1H3,(H,28,32). The summed E-state index contributed by atoms with van der Waals surface area (Å²) in [6.45, 7) is 3.17. The number of hydrogen-bond donors (Lipinski definition) is 2. The number of benzene rings is 1. The van der Waals surface area contributed by atoms with Crippen molar-refractivity contribution in [1.29, 1.82) is 0 Å². The molecular formula is C27H26N6O. The second kappa shape index (κ2) is 9.80. The molecule has 3 aromatic heterocycles. The first-order valence-electron chi connectivity index (χ1n) is 11.4. The third-order valence-electron chi connectivity index (χ3n) is 5.95. The Morgan fingerprint density at radius 3 is 2.35 bits per heavy atom. The highest BCUT2D eigenvalue weighted by Crippen LogP contribution is 2.29. The Morgan fingerprint density at radius 1 is 0.882 bits per heavy atom. The van der Waals surface area contributed by atoms with Crippen molar-refractivity contribution < 1.29 is 4.79 Å². The summed E-state index contributed by atoms with van der Waals surface area (Å²) in [6.07, 6.45) is 5.46. The highest BCUT2D eigenvalue weighted by Gasteiger charge is 2.18. The van der Waals surface area contributed by atoms with Gasteiger partial charge in [0.2, 0.25) is 0 Å². The van der Waals surface area contributed by atoms with Gasteiger partial charge in [-0.2, -0.15) is 0 Å². The Balaban J connectivity index is 1.43. The minimum absolute atomic E-state index is 0.0818. The molecule has 1 amide bonds. The molecule has 2 N–H and O–H groups in total. The summed E-state index contributed by atoms with van der Waals surface area (Å²) >= 11 is 0. The van der Waals surface area contributed by atoms with Crippen LogP contribution in [0.4, 0.5) is 5.82 Å². The summed E-state index contributed by atoms with van der Waals surface area (Å²) in [6, 6.07) is 19.7. The molecule has 0 radical (unpaired) electrons. The van der Waals surface area contributed by atoms with Gasteiger partial charge in [-0.05, 0) is 53.6 Å². The summed E-state index contributed by atoms with van der Waals surface area (Å²) in [5.74, 6) is 0.845. The normalized spacial score (nSPS) is 13.5. The number of nitrogens with one attached hydrogen (secondary N) is 2. The molecule has 4 aromatic rings. The first kappa shape index (κ1) is 21.7. The third kappa shape index (κ3) is 4.65. The second-order valence-corrected chi connectivity index (χ2v) is 8.17. The number of nitrogens with zero attached hydrogens (tertiary/aromatic N) is 4. The number of pyridine rings is 3. The smallest absolute Gasteiger partial charge is 0.253 e. The van der Waals surface area contributed by atoms with Crippen LogP contribution in [-0.4, -0.2) is 59.0 Å². The SMILES string of the molecule is CNc1cc(-c2cncc(-c3ccc(C(=O)N4CCNCC4)cc3)c2)cc(-c2ccccn2)n1. The number of carbonyl (C=O) groups excluding carboxylic acids is 1. The molecule has 1 saturated heterocycles. The van der Waals surface area contributed by atoms with E-state index in [4.69, 9.17) is 0 Å². The Bertz CT molecular complexity index is 1280. The van der Waals surface area contributed by atoms with E-state index in [-0.39, 0.29) is 5.91 Å². The molecule has 0 atom stereocenters. The predicted molar refractivity (Wildman–Crippen MR) is 134 cm³/mol. The van der Waals surface area contributed by atoms with E-state index < -0.39 is 0 Å². The molecule has 1 aliphatic rings. The van der Waals surface area contributed by atoms with Gasteiger partial charge in [-0.15, -0.1) is 0 Å². The van der Waals surface area contributed by atoms with Crippen molar-refractivity contribution in [2.45, 2.75) is 0 Å². The van der Waals surface area contributed by atoms with E-state index >= 15 is 0 Å². The average molecular weight is 451 g/mol. The van der Waals surface area contributed by atoms with Crippen molar-refractivity contribution in [3.8, 4) is 33.6 Å². The van der Waals surface area contributed by atoms with Crippen molar-refractivity contribution >= 4 is 11.7 Å². The van der Waals surface area contributed by atoms with E-state index in [2.05, 4.69) is 31.7 Å². The number of anilines is 1. The molecule has 7 heteroatoms. The van der Waals surface area contributed by atoms with Crippen LogP contribution in [0.25, 0.3) is 33.6 Å². The zero-order chi connectivity index (χ0) is 23.3. The van der Waals surface area contributed by atoms with Crippen molar-refractivity contribution in [3.05, 3.63) is 84.8 Å². The van der Waals surface area contributed by atoms with Crippen LogP contribution in [0.2, 0.25) is 0 Å². The van der Waals surface area contributed by atoms with Crippen molar-refractivity contribution in [2.75, 3.05) is 38.5 Å². The van der Waals surface area contributed by atoms with Crippen molar-refractivity contribution in [2.24, 2.45) is 0 Å². The van der Waals surface area contributed by atoms with Gasteiger partial charge in [0.15, 0.2) is 0 Å². The van der Waals surface area contributed by atoms with Gasteiger partial charge in [0.05, 0.1) is 11.4 Å². The monoisotopic (exact) mass is 450 g/mol. The minimum atomic E-state index is 0.0818. The topological polar surface area (TPSA) is 83.0 Å². The van der Waals surface area contributed by atoms with Crippen LogP contribution < -0.4 is 10.6 Å². The largest absolute Gasteiger partial charge is 0.373 e. The van der Waals surface area contributed by atoms with Gasteiger partial charge >= 0.3 is 0 Å². The van der Waals surface area contributed by atoms with Gasteiger partial charge in [-0.1, -0.05) is 18.2 Å². The molecule has 0 bridgehead atoms. The van der Waals surface area contributed by atoms with Crippen LogP contribution in [0.5, 0.6) is 0 Å². The molecule has 34 heavy (non-hydrogen) atoms. The van der Waals surface area contributed by atoms with E-state index in [1.54, 1.807) is 6.20 Å². The zero-order valence-electron chi connectivity index (χ0n) is 19.0. The lowest BCUT2D eigenvalue weighted by atomic mass is 10.0. The summed E-state index contributed by atoms with van der Waals surface area (Å²) in [5, 5.41) is 6.42. The Labute approximate surface area is 198 Å². The predicted octanol–water partition coefficient (Wildman–Crippen LogP) is 3.96. The van der Waals surface area contributed by atoms with Gasteiger partial charge < -0.3 is 15.5 Å². The maximum Gasteiger partial charge on any atom is 0.253 e. The number of amides is 1. The van der Waals surface area contributed by atoms with Crippen LogP contribution in [0.3, 0.4) is 0 Å². The molecule has 0 aliphatic carbocycles. The number of aromatic nitrogens is 3. The molecule has 0 unspecified atom stereocenters. The first-order chi connectivity index (χ1) is 16.7. The molecule has 4 heterocycles. The quantitative estimate of drug-likeness (QED) is 0.479. The van der Waals surface area contributed by atoms with Crippen molar-refractivity contribution in [1.82, 2.24) is 25.2 Å². The average Bonchev–Trinajstić information content (AvgIpc) is 2.93. The second-order valence-electron chi connectivity index (χ2n) is 8.17. The Kier molecular flexibility index (Phi) is 6.27. The third-order valence-corrected chi connectivity index (χ3v) is 5.95. The molecule has 0 spiro atoms. The molecule has 0 saturated carbocycles. The summed E-state index contributed by atoms with van der Waals surface area (Å²) in [5.41, 5.74) is 6.30. The number of piperazine rings is 1. The molecule has 5 rings (SSSR count). The summed E-state index contributed by atoms with van der Waals surface area (Å²) in [7, 11) is 1.85. The van der Waals surface area contributed by atoms with Crippen LogP contribution in [0, 0.1) is 0 Å². The molecule has 7 nitrogen and oxygen atoms in total. The fourth-order valence-corrected chi connectivity index (χ4v) is 4.08. The van der Waals surface area contributed by atoms with Crippen LogP contribution in [-0.2, 0) is 0 Å². The van der Waals surface area contributed by atoms with Crippen molar-refractivity contribution in [3.63, 3.8) is 0 Å². The number of hydrogen-bond acceptors (Lipinski definition) is 6. The lowest BCUT2D eigenvalue weighted by Gasteiger charge is -2.27. The lowest BCUT2D eigenvalue weighted by molar-refractivity contribution is 0.0736. The zero-order valence-corrected chi connectivity index (χ0v) is 19.0.